The summed E-state index contributed by atoms with van der Waals surface area (Å²) in [7, 11) is 0. The molecular weight excluding hydrogens is 233 g/mol. The minimum absolute atomic E-state index is 0.388. The molecule has 2 heterocycles. The monoisotopic (exact) mass is 246 g/mol. The van der Waals surface area contributed by atoms with Gasteiger partial charge in [0.25, 0.3) is 0 Å². The van der Waals surface area contributed by atoms with Gasteiger partial charge in [0.05, 0.1) is 0 Å². The Morgan fingerprint density at radius 3 is 2.59 bits per heavy atom. The zero-order chi connectivity index (χ0) is 12.5. The highest BCUT2D eigenvalue weighted by Gasteiger charge is 2.33. The molecule has 94 valence electrons. The number of anilines is 1. The topological polar surface area (TPSA) is 55.0 Å². The van der Waals surface area contributed by atoms with Crippen molar-refractivity contribution in [2.45, 2.75) is 12.6 Å². The largest absolute Gasteiger partial charge is 0.435 e. The molecule has 0 saturated carbocycles. The Morgan fingerprint density at radius 1 is 1.35 bits per heavy atom. The average molecular weight is 246 g/mol. The first-order valence-electron chi connectivity index (χ1n) is 5.36. The van der Waals surface area contributed by atoms with Crippen LogP contribution in [0.1, 0.15) is 12.1 Å². The third-order valence-electron chi connectivity index (χ3n) is 2.88. The number of aromatic nitrogens is 2. The van der Waals surface area contributed by atoms with Crippen LogP contribution in [0.15, 0.2) is 12.1 Å². The second-order valence-corrected chi connectivity index (χ2v) is 4.11. The average Bonchev–Trinajstić information content (AvgIpc) is 2.76. The Labute approximate surface area is 96.6 Å². The molecule has 0 radical (unpaired) electrons. The molecular formula is C10H13F3N4. The molecule has 0 bridgehead atoms. The highest BCUT2D eigenvalue weighted by molar-refractivity contribution is 5.38. The van der Waals surface area contributed by atoms with Crippen LogP contribution in [0.2, 0.25) is 0 Å². The van der Waals surface area contributed by atoms with Gasteiger partial charge in [-0.2, -0.15) is 13.2 Å². The zero-order valence-electron chi connectivity index (χ0n) is 9.11. The molecule has 1 saturated heterocycles. The van der Waals surface area contributed by atoms with E-state index in [0.717, 1.165) is 25.6 Å². The van der Waals surface area contributed by atoms with Crippen molar-refractivity contribution in [3.8, 4) is 0 Å². The van der Waals surface area contributed by atoms with Gasteiger partial charge in [-0.15, -0.1) is 10.2 Å². The minimum atomic E-state index is -4.43. The summed E-state index contributed by atoms with van der Waals surface area (Å²) in [6.07, 6.45) is -3.49. The highest BCUT2D eigenvalue weighted by atomic mass is 19.4. The van der Waals surface area contributed by atoms with E-state index in [1.54, 1.807) is 0 Å². The quantitative estimate of drug-likeness (QED) is 0.854. The van der Waals surface area contributed by atoms with Crippen molar-refractivity contribution in [3.05, 3.63) is 17.8 Å². The van der Waals surface area contributed by atoms with Crippen molar-refractivity contribution in [3.63, 3.8) is 0 Å². The molecule has 2 N–H and O–H groups in total. The van der Waals surface area contributed by atoms with Crippen LogP contribution in [-0.4, -0.2) is 29.8 Å². The van der Waals surface area contributed by atoms with Crippen molar-refractivity contribution >= 4 is 5.82 Å². The molecule has 1 fully saturated rings. The standard InChI is InChI=1S/C10H13F3N4/c11-10(12,13)8-1-2-9(16-15-8)17-4-3-7(5-14)6-17/h1-2,7H,3-6,14H2. The van der Waals surface area contributed by atoms with Gasteiger partial charge in [-0.25, -0.2) is 0 Å². The number of nitrogens with two attached hydrogens (primary N) is 1. The van der Waals surface area contributed by atoms with Crippen LogP contribution < -0.4 is 10.6 Å². The number of halogens is 3. The Bertz CT molecular complexity index is 376. The predicted molar refractivity (Wildman–Crippen MR) is 56.4 cm³/mol. The van der Waals surface area contributed by atoms with Crippen LogP contribution >= 0.6 is 0 Å². The number of alkyl halides is 3. The second-order valence-electron chi connectivity index (χ2n) is 4.11. The summed E-state index contributed by atoms with van der Waals surface area (Å²) in [5.74, 6) is 0.869. The molecule has 0 aromatic carbocycles. The molecule has 1 atom stereocenters. The van der Waals surface area contributed by atoms with Crippen molar-refractivity contribution < 1.29 is 13.2 Å². The maximum absolute atomic E-state index is 12.3. The fourth-order valence-electron chi connectivity index (χ4n) is 1.88. The molecule has 0 spiro atoms. The van der Waals surface area contributed by atoms with Gasteiger partial charge in [0.1, 0.15) is 0 Å². The molecule has 0 aliphatic carbocycles. The van der Waals surface area contributed by atoms with E-state index in [9.17, 15) is 13.2 Å². The molecule has 1 unspecified atom stereocenters. The van der Waals surface area contributed by atoms with Gasteiger partial charge in [-0.1, -0.05) is 0 Å². The lowest BCUT2D eigenvalue weighted by atomic mass is 10.1. The smallest absolute Gasteiger partial charge is 0.355 e. The zero-order valence-corrected chi connectivity index (χ0v) is 9.11. The lowest BCUT2D eigenvalue weighted by molar-refractivity contribution is -0.141. The lowest BCUT2D eigenvalue weighted by Gasteiger charge is -2.16. The van der Waals surface area contributed by atoms with E-state index < -0.39 is 11.9 Å². The first kappa shape index (κ1) is 12.1. The number of nitrogens with zero attached hydrogens (tertiary/aromatic N) is 3. The van der Waals surface area contributed by atoms with Crippen molar-refractivity contribution in [1.82, 2.24) is 10.2 Å². The van der Waals surface area contributed by atoms with E-state index in [1.165, 1.54) is 6.07 Å². The van der Waals surface area contributed by atoms with Crippen LogP contribution in [0.4, 0.5) is 19.0 Å². The van der Waals surface area contributed by atoms with Gasteiger partial charge < -0.3 is 10.6 Å². The molecule has 7 heteroatoms. The fourth-order valence-corrected chi connectivity index (χ4v) is 1.88. The number of rotatable bonds is 2. The van der Waals surface area contributed by atoms with Gasteiger partial charge in [0.2, 0.25) is 0 Å². The van der Waals surface area contributed by atoms with Crippen molar-refractivity contribution in [1.29, 1.82) is 0 Å². The van der Waals surface area contributed by atoms with Gasteiger partial charge in [0.15, 0.2) is 11.5 Å². The Hall–Kier alpha value is -1.37. The first-order valence-corrected chi connectivity index (χ1v) is 5.36. The molecule has 4 nitrogen and oxygen atoms in total. The maximum atomic E-state index is 12.3. The van der Waals surface area contributed by atoms with Gasteiger partial charge >= 0.3 is 6.18 Å². The molecule has 1 aliphatic heterocycles. The van der Waals surface area contributed by atoms with E-state index in [2.05, 4.69) is 10.2 Å². The summed E-state index contributed by atoms with van der Waals surface area (Å²) in [5, 5.41) is 6.81. The molecule has 1 aromatic rings. The van der Waals surface area contributed by atoms with E-state index in [0.29, 0.717) is 18.3 Å². The predicted octanol–water partition coefficient (Wildman–Crippen LogP) is 1.28. The highest BCUT2D eigenvalue weighted by Crippen LogP contribution is 2.28. The van der Waals surface area contributed by atoms with Crippen LogP contribution in [0.3, 0.4) is 0 Å². The summed E-state index contributed by atoms with van der Waals surface area (Å²) < 4.78 is 36.8. The Kier molecular flexibility index (Phi) is 3.19. The van der Waals surface area contributed by atoms with Crippen LogP contribution in [0.25, 0.3) is 0 Å². The molecule has 1 aromatic heterocycles. The minimum Gasteiger partial charge on any atom is -0.355 e. The van der Waals surface area contributed by atoms with E-state index >= 15 is 0 Å². The normalized spacial score (nSPS) is 20.9. The van der Waals surface area contributed by atoms with Gasteiger partial charge in [-0.3, -0.25) is 0 Å². The third-order valence-corrected chi connectivity index (χ3v) is 2.88. The maximum Gasteiger partial charge on any atom is 0.435 e. The van der Waals surface area contributed by atoms with E-state index in [-0.39, 0.29) is 0 Å². The Morgan fingerprint density at radius 2 is 2.12 bits per heavy atom. The summed E-state index contributed by atoms with van der Waals surface area (Å²) in [6, 6.07) is 2.31. The Balaban J connectivity index is 2.09. The number of hydrogen-bond acceptors (Lipinski definition) is 4. The molecule has 1 aliphatic rings. The summed E-state index contributed by atoms with van der Waals surface area (Å²) in [6.45, 7) is 2.09. The first-order chi connectivity index (χ1) is 8.00. The molecule has 17 heavy (non-hydrogen) atoms. The third kappa shape index (κ3) is 2.66. The number of hydrogen-bond donors (Lipinski definition) is 1. The van der Waals surface area contributed by atoms with Crippen molar-refractivity contribution in [2.75, 3.05) is 24.5 Å². The SMILES string of the molecule is NCC1CCN(c2ccc(C(F)(F)F)nn2)C1. The van der Waals surface area contributed by atoms with Crippen molar-refractivity contribution in [2.24, 2.45) is 11.7 Å². The lowest BCUT2D eigenvalue weighted by Crippen LogP contribution is -2.24. The molecule has 2 rings (SSSR count). The van der Waals surface area contributed by atoms with E-state index in [4.69, 9.17) is 5.73 Å². The van der Waals surface area contributed by atoms with Crippen LogP contribution in [0, 0.1) is 5.92 Å². The fraction of sp³-hybridized carbons (Fsp3) is 0.600. The summed E-state index contributed by atoms with van der Waals surface area (Å²) in [4.78, 5) is 1.91. The second kappa shape index (κ2) is 4.48. The van der Waals surface area contributed by atoms with Crippen LogP contribution in [0.5, 0.6) is 0 Å². The summed E-state index contributed by atoms with van der Waals surface area (Å²) >= 11 is 0. The van der Waals surface area contributed by atoms with Gasteiger partial charge in [-0.05, 0) is 31.0 Å². The van der Waals surface area contributed by atoms with E-state index in [1.807, 2.05) is 4.90 Å². The van der Waals surface area contributed by atoms with Crippen LogP contribution in [-0.2, 0) is 6.18 Å². The van der Waals surface area contributed by atoms with Gasteiger partial charge in [0, 0.05) is 13.1 Å². The summed E-state index contributed by atoms with van der Waals surface area (Å²) in [5.41, 5.74) is 4.58. The molecule has 0 amide bonds.